The molecule has 1 rings (SSSR count). The molecule has 94 valence electrons. The molecule has 0 aliphatic heterocycles. The summed E-state index contributed by atoms with van der Waals surface area (Å²) in [7, 11) is -3.92. The Kier molecular flexibility index (Phi) is 4.52. The Morgan fingerprint density at radius 3 is 2.53 bits per heavy atom. The standard InChI is InChI=1S/C9H11NO5S2/c10-17(14,15)6-1-2-8(16-4-3-11)7(5-6)9(12)13/h1-2,5,11H,3-4H2,(H,12,13)(H2,10,14,15). The van der Waals surface area contributed by atoms with Gasteiger partial charge in [0.2, 0.25) is 10.0 Å². The van der Waals surface area contributed by atoms with Crippen LogP contribution in [0.4, 0.5) is 0 Å². The highest BCUT2D eigenvalue weighted by atomic mass is 32.2. The van der Waals surface area contributed by atoms with Crippen molar-refractivity contribution in [2.75, 3.05) is 12.4 Å². The topological polar surface area (TPSA) is 118 Å². The number of primary sulfonamides is 1. The van der Waals surface area contributed by atoms with Crippen LogP contribution in [0.15, 0.2) is 28.0 Å². The quantitative estimate of drug-likeness (QED) is 0.658. The molecule has 0 aliphatic carbocycles. The number of rotatable bonds is 5. The fourth-order valence-electron chi connectivity index (χ4n) is 1.13. The number of thioether (sulfide) groups is 1. The number of benzene rings is 1. The number of sulfonamides is 1. The zero-order chi connectivity index (χ0) is 13.1. The Bertz CT molecular complexity index is 526. The molecule has 0 unspecified atom stereocenters. The summed E-state index contributed by atoms with van der Waals surface area (Å²) in [5.74, 6) is -0.911. The molecule has 0 spiro atoms. The SMILES string of the molecule is NS(=O)(=O)c1ccc(SCCO)c(C(=O)O)c1. The lowest BCUT2D eigenvalue weighted by Crippen LogP contribution is -2.13. The molecule has 0 saturated heterocycles. The number of aliphatic hydroxyl groups excluding tert-OH is 1. The second kappa shape index (κ2) is 5.50. The van der Waals surface area contributed by atoms with Crippen molar-refractivity contribution in [3.63, 3.8) is 0 Å². The predicted molar refractivity (Wildman–Crippen MR) is 62.6 cm³/mol. The van der Waals surface area contributed by atoms with Gasteiger partial charge in [0.05, 0.1) is 17.1 Å². The lowest BCUT2D eigenvalue weighted by Gasteiger charge is -2.06. The summed E-state index contributed by atoms with van der Waals surface area (Å²) in [6, 6.07) is 3.61. The van der Waals surface area contributed by atoms with Gasteiger partial charge in [-0.25, -0.2) is 18.4 Å². The zero-order valence-corrected chi connectivity index (χ0v) is 10.3. The minimum Gasteiger partial charge on any atom is -0.478 e. The number of hydrogen-bond acceptors (Lipinski definition) is 5. The largest absolute Gasteiger partial charge is 0.478 e. The summed E-state index contributed by atoms with van der Waals surface area (Å²) >= 11 is 1.13. The molecule has 0 amide bonds. The van der Waals surface area contributed by atoms with Crippen molar-refractivity contribution in [1.29, 1.82) is 0 Å². The van der Waals surface area contributed by atoms with Crippen molar-refractivity contribution < 1.29 is 23.4 Å². The van der Waals surface area contributed by atoms with Gasteiger partial charge in [-0.15, -0.1) is 11.8 Å². The van der Waals surface area contributed by atoms with E-state index in [1.54, 1.807) is 0 Å². The average molecular weight is 277 g/mol. The fourth-order valence-corrected chi connectivity index (χ4v) is 2.45. The van der Waals surface area contributed by atoms with Gasteiger partial charge in [-0.05, 0) is 18.2 Å². The maximum absolute atomic E-state index is 11.1. The van der Waals surface area contributed by atoms with E-state index in [1.165, 1.54) is 12.1 Å². The second-order valence-corrected chi connectivity index (χ2v) is 5.78. The van der Waals surface area contributed by atoms with Gasteiger partial charge in [-0.1, -0.05) is 0 Å². The van der Waals surface area contributed by atoms with E-state index in [-0.39, 0.29) is 17.1 Å². The van der Waals surface area contributed by atoms with E-state index in [4.69, 9.17) is 15.4 Å². The molecule has 0 radical (unpaired) electrons. The number of hydrogen-bond donors (Lipinski definition) is 3. The Morgan fingerprint density at radius 2 is 2.06 bits per heavy atom. The first kappa shape index (κ1) is 14.0. The molecule has 4 N–H and O–H groups in total. The van der Waals surface area contributed by atoms with Gasteiger partial charge in [0, 0.05) is 10.6 Å². The van der Waals surface area contributed by atoms with Crippen LogP contribution in [0, 0.1) is 0 Å². The number of carboxylic acids is 1. The normalized spacial score (nSPS) is 11.4. The second-order valence-electron chi connectivity index (χ2n) is 3.08. The van der Waals surface area contributed by atoms with Crippen LogP contribution in [0.3, 0.4) is 0 Å². The highest BCUT2D eigenvalue weighted by Crippen LogP contribution is 2.25. The van der Waals surface area contributed by atoms with Crippen LogP contribution in [0.1, 0.15) is 10.4 Å². The van der Waals surface area contributed by atoms with Crippen molar-refractivity contribution in [2.24, 2.45) is 5.14 Å². The highest BCUT2D eigenvalue weighted by Gasteiger charge is 2.15. The first-order valence-electron chi connectivity index (χ1n) is 4.50. The van der Waals surface area contributed by atoms with Crippen molar-refractivity contribution in [2.45, 2.75) is 9.79 Å². The van der Waals surface area contributed by atoms with Gasteiger partial charge in [0.1, 0.15) is 0 Å². The van der Waals surface area contributed by atoms with E-state index < -0.39 is 16.0 Å². The molecule has 1 aromatic carbocycles. The Labute approximate surface area is 102 Å². The van der Waals surface area contributed by atoms with Gasteiger partial charge < -0.3 is 10.2 Å². The molecule has 0 aromatic heterocycles. The summed E-state index contributed by atoms with van der Waals surface area (Å²) < 4.78 is 22.1. The maximum Gasteiger partial charge on any atom is 0.336 e. The molecule has 1 aromatic rings. The summed E-state index contributed by atoms with van der Waals surface area (Å²) in [5.41, 5.74) is -0.144. The first-order chi connectivity index (χ1) is 7.86. The molecular weight excluding hydrogens is 266 g/mol. The van der Waals surface area contributed by atoms with Crippen molar-refractivity contribution in [3.05, 3.63) is 23.8 Å². The number of carboxylic acid groups (broad SMARTS) is 1. The van der Waals surface area contributed by atoms with Crippen molar-refractivity contribution in [3.8, 4) is 0 Å². The van der Waals surface area contributed by atoms with E-state index in [2.05, 4.69) is 0 Å². The average Bonchev–Trinajstić information content (AvgIpc) is 2.24. The molecule has 17 heavy (non-hydrogen) atoms. The van der Waals surface area contributed by atoms with Crippen LogP contribution in [0.25, 0.3) is 0 Å². The molecule has 0 saturated carbocycles. The smallest absolute Gasteiger partial charge is 0.336 e. The van der Waals surface area contributed by atoms with Gasteiger partial charge in [-0.2, -0.15) is 0 Å². The third kappa shape index (κ3) is 3.70. The third-order valence-corrected chi connectivity index (χ3v) is 3.82. The summed E-state index contributed by atoms with van der Waals surface area (Å²) in [4.78, 5) is 11.1. The zero-order valence-electron chi connectivity index (χ0n) is 8.66. The van der Waals surface area contributed by atoms with E-state index in [9.17, 15) is 13.2 Å². The number of carbonyl (C=O) groups is 1. The lowest BCUT2D eigenvalue weighted by molar-refractivity contribution is 0.0693. The maximum atomic E-state index is 11.1. The third-order valence-electron chi connectivity index (χ3n) is 1.86. The van der Waals surface area contributed by atoms with Crippen molar-refractivity contribution in [1.82, 2.24) is 0 Å². The summed E-state index contributed by atoms with van der Waals surface area (Å²) in [6.45, 7) is -0.0966. The Balaban J connectivity index is 3.22. The van der Waals surface area contributed by atoms with Crippen LogP contribution in [-0.4, -0.2) is 37.0 Å². The van der Waals surface area contributed by atoms with Gasteiger partial charge in [0.15, 0.2) is 0 Å². The molecule has 0 heterocycles. The van der Waals surface area contributed by atoms with Crippen LogP contribution in [0.5, 0.6) is 0 Å². The lowest BCUT2D eigenvalue weighted by atomic mass is 10.2. The highest BCUT2D eigenvalue weighted by molar-refractivity contribution is 7.99. The van der Waals surface area contributed by atoms with E-state index in [0.29, 0.717) is 10.6 Å². The first-order valence-corrected chi connectivity index (χ1v) is 7.03. The molecule has 0 atom stereocenters. The van der Waals surface area contributed by atoms with Crippen LogP contribution >= 0.6 is 11.8 Å². The molecule has 8 heteroatoms. The van der Waals surface area contributed by atoms with Gasteiger partial charge in [-0.3, -0.25) is 0 Å². The fraction of sp³-hybridized carbons (Fsp3) is 0.222. The summed E-state index contributed by atoms with van der Waals surface area (Å²) in [5, 5.41) is 22.5. The Hall–Kier alpha value is -1.09. The minimum atomic E-state index is -3.92. The number of nitrogens with two attached hydrogens (primary N) is 1. The molecule has 0 fully saturated rings. The molecule has 6 nitrogen and oxygen atoms in total. The minimum absolute atomic E-state index is 0.0966. The predicted octanol–water partition coefficient (Wildman–Crippen LogP) is 0.117. The number of aliphatic hydroxyl groups is 1. The van der Waals surface area contributed by atoms with Crippen LogP contribution in [0.2, 0.25) is 0 Å². The number of aromatic carboxylic acids is 1. The van der Waals surface area contributed by atoms with E-state index in [1.807, 2.05) is 0 Å². The van der Waals surface area contributed by atoms with Crippen LogP contribution < -0.4 is 5.14 Å². The molecule has 0 aliphatic rings. The van der Waals surface area contributed by atoms with Crippen molar-refractivity contribution >= 4 is 27.8 Å². The van der Waals surface area contributed by atoms with Gasteiger partial charge in [0.25, 0.3) is 0 Å². The Morgan fingerprint density at radius 1 is 1.41 bits per heavy atom. The monoisotopic (exact) mass is 277 g/mol. The summed E-state index contributed by atoms with van der Waals surface area (Å²) in [6.07, 6.45) is 0. The van der Waals surface area contributed by atoms with Crippen LogP contribution in [-0.2, 0) is 10.0 Å². The molecule has 0 bridgehead atoms. The van der Waals surface area contributed by atoms with E-state index in [0.717, 1.165) is 17.8 Å². The van der Waals surface area contributed by atoms with E-state index >= 15 is 0 Å². The molecular formula is C9H11NO5S2. The van der Waals surface area contributed by atoms with Gasteiger partial charge >= 0.3 is 5.97 Å².